The average Bonchev–Trinajstić information content (AvgIpc) is 3.32. The van der Waals surface area contributed by atoms with Crippen molar-refractivity contribution in [3.63, 3.8) is 0 Å². The molecule has 0 bridgehead atoms. The second kappa shape index (κ2) is 9.39. The molecule has 0 unspecified atom stereocenters. The highest BCUT2D eigenvalue weighted by molar-refractivity contribution is 5.91. The zero-order valence-electron chi connectivity index (χ0n) is 19.3. The molecule has 1 N–H and O–H groups in total. The van der Waals surface area contributed by atoms with Crippen molar-refractivity contribution in [2.75, 3.05) is 29.9 Å². The van der Waals surface area contributed by atoms with Crippen LogP contribution in [0.15, 0.2) is 30.7 Å². The van der Waals surface area contributed by atoms with Crippen molar-refractivity contribution in [1.29, 1.82) is 0 Å². The van der Waals surface area contributed by atoms with Crippen LogP contribution in [0.25, 0.3) is 0 Å². The molecule has 2 saturated heterocycles. The number of rotatable bonds is 6. The van der Waals surface area contributed by atoms with Gasteiger partial charge in [-0.3, -0.25) is 14.4 Å². The second-order valence-electron chi connectivity index (χ2n) is 9.68. The van der Waals surface area contributed by atoms with Crippen LogP contribution in [0.1, 0.15) is 58.6 Å². The number of likely N-dealkylation sites (tertiary alicyclic amines) is 1. The normalized spacial score (nSPS) is 22.1. The molecule has 2 aromatic rings. The lowest BCUT2D eigenvalue weighted by atomic mass is 9.98. The van der Waals surface area contributed by atoms with E-state index in [9.17, 15) is 4.79 Å². The van der Waals surface area contributed by atoms with E-state index in [-0.39, 0.29) is 11.8 Å². The third-order valence-electron chi connectivity index (χ3n) is 6.53. The molecule has 168 valence electrons. The highest BCUT2D eigenvalue weighted by Gasteiger charge is 2.38. The molecule has 0 saturated carbocycles. The van der Waals surface area contributed by atoms with Gasteiger partial charge < -0.3 is 10.2 Å². The average molecular weight is 425 g/mol. The molecule has 2 fully saturated rings. The molecule has 0 aromatic carbocycles. The van der Waals surface area contributed by atoms with Crippen LogP contribution in [0.2, 0.25) is 0 Å². The summed E-state index contributed by atoms with van der Waals surface area (Å²) in [6, 6.07) is 4.93. The van der Waals surface area contributed by atoms with Gasteiger partial charge in [0.1, 0.15) is 5.82 Å². The van der Waals surface area contributed by atoms with Crippen molar-refractivity contribution in [2.45, 2.75) is 65.6 Å². The number of carbonyl (C=O) groups excluding carboxylic acids is 1. The number of hydrogen-bond donors (Lipinski definition) is 1. The lowest BCUT2D eigenvalue weighted by Crippen LogP contribution is -2.40. The van der Waals surface area contributed by atoms with E-state index in [4.69, 9.17) is 4.98 Å². The smallest absolute Gasteiger partial charge is 0.226 e. The Bertz CT molecular complexity index is 874. The van der Waals surface area contributed by atoms with E-state index in [1.807, 2.05) is 30.8 Å². The van der Waals surface area contributed by atoms with Gasteiger partial charge in [0.25, 0.3) is 0 Å². The van der Waals surface area contributed by atoms with Gasteiger partial charge in [0.05, 0.1) is 18.1 Å². The highest BCUT2D eigenvalue weighted by atomic mass is 16.1. The summed E-state index contributed by atoms with van der Waals surface area (Å²) in [5, 5.41) is 7.44. The molecule has 31 heavy (non-hydrogen) atoms. The standard InChI is InChI=1S/C24H36N6O/c1-17(2)24(31)27-21-8-9-23(25-12-21)29-10-6-5-7-20-15-28(16-22(20)29)13-19-11-26-30(14-19)18(3)4/h8-9,11-12,14,17-18,20,22H,5-7,10,13,15-16H2,1-4H3,(H,27,31)/t20-,22+/m1/s1. The van der Waals surface area contributed by atoms with Gasteiger partial charge in [-0.25, -0.2) is 4.98 Å². The van der Waals surface area contributed by atoms with Gasteiger partial charge in [-0.1, -0.05) is 20.3 Å². The van der Waals surface area contributed by atoms with Crippen molar-refractivity contribution in [2.24, 2.45) is 11.8 Å². The van der Waals surface area contributed by atoms with E-state index in [0.29, 0.717) is 18.0 Å². The SMILES string of the molecule is CC(C)C(=O)Nc1ccc(N2CCCC[C@@H]3CN(Cc4cnn(C(C)C)c4)C[C@@H]32)nc1. The van der Waals surface area contributed by atoms with Crippen LogP contribution < -0.4 is 10.2 Å². The number of fused-ring (bicyclic) bond motifs is 1. The third kappa shape index (κ3) is 5.09. The Morgan fingerprint density at radius 3 is 2.68 bits per heavy atom. The van der Waals surface area contributed by atoms with Gasteiger partial charge in [-0.15, -0.1) is 0 Å². The summed E-state index contributed by atoms with van der Waals surface area (Å²) in [5.74, 6) is 1.68. The Morgan fingerprint density at radius 2 is 2.00 bits per heavy atom. The molecule has 0 radical (unpaired) electrons. The van der Waals surface area contributed by atoms with Crippen molar-refractivity contribution >= 4 is 17.4 Å². The first-order valence-electron chi connectivity index (χ1n) is 11.7. The fourth-order valence-corrected chi connectivity index (χ4v) is 4.76. The van der Waals surface area contributed by atoms with Crippen LogP contribution in [0.5, 0.6) is 0 Å². The van der Waals surface area contributed by atoms with Crippen molar-refractivity contribution in [3.05, 3.63) is 36.3 Å². The second-order valence-corrected chi connectivity index (χ2v) is 9.68. The Hall–Kier alpha value is -2.41. The van der Waals surface area contributed by atoms with E-state index in [1.165, 1.54) is 24.8 Å². The molecule has 7 nitrogen and oxygen atoms in total. The zero-order valence-corrected chi connectivity index (χ0v) is 19.3. The molecule has 2 aliphatic rings. The van der Waals surface area contributed by atoms with Crippen molar-refractivity contribution in [3.8, 4) is 0 Å². The Kier molecular flexibility index (Phi) is 6.60. The van der Waals surface area contributed by atoms with Crippen LogP contribution in [-0.4, -0.2) is 51.2 Å². The first-order chi connectivity index (χ1) is 14.9. The molecule has 4 heterocycles. The first kappa shape index (κ1) is 21.8. The van der Waals surface area contributed by atoms with Gasteiger partial charge in [-0.05, 0) is 44.7 Å². The molecule has 7 heteroatoms. The number of nitrogens with zero attached hydrogens (tertiary/aromatic N) is 5. The quantitative estimate of drug-likeness (QED) is 0.761. The number of anilines is 2. The minimum Gasteiger partial charge on any atom is -0.352 e. The summed E-state index contributed by atoms with van der Waals surface area (Å²) in [4.78, 5) is 21.8. The molecular weight excluding hydrogens is 388 g/mol. The summed E-state index contributed by atoms with van der Waals surface area (Å²) in [6.07, 6.45) is 9.76. The minimum absolute atomic E-state index is 0.0246. The van der Waals surface area contributed by atoms with Crippen LogP contribution >= 0.6 is 0 Å². The van der Waals surface area contributed by atoms with Gasteiger partial charge in [0.15, 0.2) is 0 Å². The van der Waals surface area contributed by atoms with Crippen LogP contribution in [-0.2, 0) is 11.3 Å². The maximum Gasteiger partial charge on any atom is 0.226 e. The summed E-state index contributed by atoms with van der Waals surface area (Å²) in [5.41, 5.74) is 2.06. The molecule has 4 rings (SSSR count). The van der Waals surface area contributed by atoms with Gasteiger partial charge in [0, 0.05) is 55.9 Å². The lowest BCUT2D eigenvalue weighted by molar-refractivity contribution is -0.118. The maximum absolute atomic E-state index is 12.0. The van der Waals surface area contributed by atoms with Crippen LogP contribution in [0.3, 0.4) is 0 Å². The van der Waals surface area contributed by atoms with Gasteiger partial charge in [-0.2, -0.15) is 5.10 Å². The molecule has 2 aliphatic heterocycles. The predicted molar refractivity (Wildman–Crippen MR) is 124 cm³/mol. The Balaban J connectivity index is 1.44. The Morgan fingerprint density at radius 1 is 1.16 bits per heavy atom. The van der Waals surface area contributed by atoms with E-state index in [2.05, 4.69) is 46.3 Å². The maximum atomic E-state index is 12.0. The van der Waals surface area contributed by atoms with E-state index in [1.54, 1.807) is 6.20 Å². The largest absolute Gasteiger partial charge is 0.352 e. The number of hydrogen-bond acceptors (Lipinski definition) is 5. The Labute approximate surface area is 185 Å². The van der Waals surface area contributed by atoms with Crippen LogP contribution in [0.4, 0.5) is 11.5 Å². The molecule has 0 spiro atoms. The molecule has 1 amide bonds. The van der Waals surface area contributed by atoms with Gasteiger partial charge >= 0.3 is 0 Å². The summed E-state index contributed by atoms with van der Waals surface area (Å²) >= 11 is 0. The topological polar surface area (TPSA) is 66.3 Å². The zero-order chi connectivity index (χ0) is 22.0. The summed E-state index contributed by atoms with van der Waals surface area (Å²) in [6.45, 7) is 12.3. The number of amides is 1. The number of nitrogens with one attached hydrogen (secondary N) is 1. The summed E-state index contributed by atoms with van der Waals surface area (Å²) < 4.78 is 2.04. The van der Waals surface area contributed by atoms with Crippen LogP contribution in [0, 0.1) is 11.8 Å². The fraction of sp³-hybridized carbons (Fsp3) is 0.625. The van der Waals surface area contributed by atoms with Crippen molar-refractivity contribution in [1.82, 2.24) is 19.7 Å². The molecule has 0 aliphatic carbocycles. The molecular formula is C24H36N6O. The van der Waals surface area contributed by atoms with Crippen molar-refractivity contribution < 1.29 is 4.79 Å². The van der Waals surface area contributed by atoms with Gasteiger partial charge in [0.2, 0.25) is 5.91 Å². The third-order valence-corrected chi connectivity index (χ3v) is 6.53. The minimum atomic E-state index is -0.0387. The molecule has 2 atom stereocenters. The van der Waals surface area contributed by atoms with E-state index in [0.717, 1.165) is 37.7 Å². The van der Waals surface area contributed by atoms with E-state index < -0.39 is 0 Å². The number of aromatic nitrogens is 3. The lowest BCUT2D eigenvalue weighted by Gasteiger charge is -2.31. The number of carbonyl (C=O) groups is 1. The summed E-state index contributed by atoms with van der Waals surface area (Å²) in [7, 11) is 0. The number of pyridine rings is 1. The highest BCUT2D eigenvalue weighted by Crippen LogP contribution is 2.33. The predicted octanol–water partition coefficient (Wildman–Crippen LogP) is 3.94. The van der Waals surface area contributed by atoms with E-state index >= 15 is 0 Å². The molecule has 2 aromatic heterocycles. The fourth-order valence-electron chi connectivity index (χ4n) is 4.76. The first-order valence-corrected chi connectivity index (χ1v) is 11.7. The monoisotopic (exact) mass is 424 g/mol.